The van der Waals surface area contributed by atoms with Crippen LogP contribution < -0.4 is 5.32 Å². The lowest BCUT2D eigenvalue weighted by Gasteiger charge is -2.14. The summed E-state index contributed by atoms with van der Waals surface area (Å²) in [5.74, 6) is -1.02. The van der Waals surface area contributed by atoms with Crippen molar-refractivity contribution in [2.24, 2.45) is 0 Å². The summed E-state index contributed by atoms with van der Waals surface area (Å²) in [5.41, 5.74) is 0.936. The minimum atomic E-state index is -1.02. The van der Waals surface area contributed by atoms with Crippen molar-refractivity contribution in [2.45, 2.75) is 59.1 Å². The fourth-order valence-corrected chi connectivity index (χ4v) is 1.30. The summed E-state index contributed by atoms with van der Waals surface area (Å²) < 4.78 is 4.94. The van der Waals surface area contributed by atoms with Gasteiger partial charge in [0, 0.05) is 13.5 Å². The minimum absolute atomic E-state index is 0.0417. The van der Waals surface area contributed by atoms with Crippen molar-refractivity contribution < 1.29 is 19.4 Å². The van der Waals surface area contributed by atoms with Crippen molar-refractivity contribution in [1.82, 2.24) is 5.32 Å². The number of allylic oxidation sites excluding steroid dienone is 5. The highest BCUT2D eigenvalue weighted by Gasteiger charge is 2.16. The summed E-state index contributed by atoms with van der Waals surface area (Å²) in [7, 11) is 1.71. The zero-order valence-corrected chi connectivity index (χ0v) is 15.1. The molecule has 0 saturated carbocycles. The first kappa shape index (κ1) is 23.4. The summed E-state index contributed by atoms with van der Waals surface area (Å²) in [6, 6.07) is -0.857. The van der Waals surface area contributed by atoms with Crippen LogP contribution in [0.1, 0.15) is 47.5 Å². The standard InChI is InChI=1S/C11H13NO3.C5H12O.C2H6/c13-8-12-10(11(14)15)7-9-5-3-1-2-4-6-9;1-5(2,3)6-4;1-2/h1,3-6,8,10H,2,7H2,(H,12,13)(H,14,15);1-4H3;1-2H3. The summed E-state index contributed by atoms with van der Waals surface area (Å²) in [5, 5.41) is 11.1. The third kappa shape index (κ3) is 14.8. The minimum Gasteiger partial charge on any atom is -0.480 e. The number of carboxylic acid groups (broad SMARTS) is 1. The zero-order valence-electron chi connectivity index (χ0n) is 15.1. The van der Waals surface area contributed by atoms with Gasteiger partial charge in [-0.05, 0) is 32.8 Å². The van der Waals surface area contributed by atoms with Crippen LogP contribution in [0.15, 0.2) is 36.0 Å². The summed E-state index contributed by atoms with van der Waals surface area (Å²) in [4.78, 5) is 21.0. The summed E-state index contributed by atoms with van der Waals surface area (Å²) >= 11 is 0. The van der Waals surface area contributed by atoms with Crippen molar-refractivity contribution in [3.05, 3.63) is 36.0 Å². The van der Waals surface area contributed by atoms with Crippen LogP contribution in [0.5, 0.6) is 0 Å². The molecule has 0 saturated heterocycles. The van der Waals surface area contributed by atoms with Crippen LogP contribution in [0.3, 0.4) is 0 Å². The zero-order chi connectivity index (χ0) is 18.3. The lowest BCUT2D eigenvalue weighted by atomic mass is 10.1. The van der Waals surface area contributed by atoms with Gasteiger partial charge < -0.3 is 15.2 Å². The van der Waals surface area contributed by atoms with E-state index in [1.54, 1.807) is 7.11 Å². The number of aliphatic carboxylic acids is 1. The number of ether oxygens (including phenoxy) is 1. The van der Waals surface area contributed by atoms with Gasteiger partial charge in [0.05, 0.1) is 5.60 Å². The third-order valence-electron chi connectivity index (χ3n) is 2.67. The number of nitrogens with one attached hydrogen (secondary N) is 1. The second-order valence-electron chi connectivity index (χ2n) is 5.50. The molecule has 0 bridgehead atoms. The van der Waals surface area contributed by atoms with Crippen molar-refractivity contribution in [3.8, 4) is 0 Å². The molecule has 0 radical (unpaired) electrons. The second kappa shape index (κ2) is 13.8. The van der Waals surface area contributed by atoms with E-state index in [-0.39, 0.29) is 5.60 Å². The predicted octanol–water partition coefficient (Wildman–Crippen LogP) is 3.48. The van der Waals surface area contributed by atoms with Crippen molar-refractivity contribution in [1.29, 1.82) is 0 Å². The molecule has 0 spiro atoms. The van der Waals surface area contributed by atoms with Crippen LogP contribution in [0.4, 0.5) is 0 Å². The molecule has 2 N–H and O–H groups in total. The Bertz CT molecular complexity index is 417. The van der Waals surface area contributed by atoms with Crippen LogP contribution in [0.25, 0.3) is 0 Å². The molecule has 1 aliphatic carbocycles. The number of methoxy groups -OCH3 is 1. The number of carbonyl (C=O) groups is 2. The number of carbonyl (C=O) groups excluding carboxylic acids is 1. The Morgan fingerprint density at radius 1 is 1.39 bits per heavy atom. The molecule has 1 aliphatic rings. The van der Waals surface area contributed by atoms with Gasteiger partial charge in [-0.15, -0.1) is 0 Å². The van der Waals surface area contributed by atoms with E-state index in [0.29, 0.717) is 12.8 Å². The molecular formula is C18H31NO4. The van der Waals surface area contributed by atoms with E-state index in [4.69, 9.17) is 9.84 Å². The molecular weight excluding hydrogens is 294 g/mol. The van der Waals surface area contributed by atoms with E-state index in [9.17, 15) is 9.59 Å². The first-order valence-electron chi connectivity index (χ1n) is 7.80. The maximum atomic E-state index is 10.8. The Hall–Kier alpha value is -1.88. The molecule has 5 nitrogen and oxygen atoms in total. The van der Waals surface area contributed by atoms with Gasteiger partial charge in [-0.25, -0.2) is 4.79 Å². The lowest BCUT2D eigenvalue weighted by molar-refractivity contribution is -0.140. The molecule has 5 heteroatoms. The topological polar surface area (TPSA) is 75.6 Å². The maximum absolute atomic E-state index is 10.8. The normalized spacial score (nSPS) is 14.1. The van der Waals surface area contributed by atoms with E-state index in [2.05, 4.69) is 5.32 Å². The van der Waals surface area contributed by atoms with E-state index in [1.807, 2.05) is 65.0 Å². The molecule has 23 heavy (non-hydrogen) atoms. The van der Waals surface area contributed by atoms with Gasteiger partial charge in [0.2, 0.25) is 6.41 Å². The summed E-state index contributed by atoms with van der Waals surface area (Å²) in [6.45, 7) is 10.1. The molecule has 0 fully saturated rings. The first-order valence-corrected chi connectivity index (χ1v) is 7.80. The highest BCUT2D eigenvalue weighted by molar-refractivity contribution is 5.76. The van der Waals surface area contributed by atoms with E-state index < -0.39 is 12.0 Å². The maximum Gasteiger partial charge on any atom is 0.326 e. The number of amides is 1. The van der Waals surface area contributed by atoms with Crippen LogP contribution in [0, 0.1) is 0 Å². The number of hydrogen-bond acceptors (Lipinski definition) is 3. The Labute approximate surface area is 140 Å². The lowest BCUT2D eigenvalue weighted by Crippen LogP contribution is -2.35. The fourth-order valence-electron chi connectivity index (χ4n) is 1.30. The van der Waals surface area contributed by atoms with Gasteiger partial charge in [-0.1, -0.05) is 44.2 Å². The van der Waals surface area contributed by atoms with Crippen LogP contribution in [-0.2, 0) is 14.3 Å². The fraction of sp³-hybridized carbons (Fsp3) is 0.556. The SMILES string of the molecule is CC.COC(C)(C)C.O=CNC(CC1=CC=CCC=C1)C(=O)O. The second-order valence-corrected chi connectivity index (χ2v) is 5.50. The van der Waals surface area contributed by atoms with Crippen LogP contribution in [0.2, 0.25) is 0 Å². The van der Waals surface area contributed by atoms with E-state index in [0.717, 1.165) is 12.0 Å². The molecule has 0 aromatic heterocycles. The highest BCUT2D eigenvalue weighted by Crippen LogP contribution is 2.11. The molecule has 0 aliphatic heterocycles. The van der Waals surface area contributed by atoms with Gasteiger partial charge in [-0.2, -0.15) is 0 Å². The highest BCUT2D eigenvalue weighted by atomic mass is 16.5. The third-order valence-corrected chi connectivity index (χ3v) is 2.67. The van der Waals surface area contributed by atoms with Gasteiger partial charge in [0.1, 0.15) is 6.04 Å². The number of carboxylic acids is 1. The quantitative estimate of drug-likeness (QED) is 0.759. The van der Waals surface area contributed by atoms with E-state index in [1.165, 1.54) is 0 Å². The molecule has 132 valence electrons. The molecule has 1 unspecified atom stereocenters. The van der Waals surface area contributed by atoms with Gasteiger partial charge in [-0.3, -0.25) is 4.79 Å². The summed E-state index contributed by atoms with van der Waals surface area (Å²) in [6.07, 6.45) is 11.1. The molecule has 1 atom stereocenters. The van der Waals surface area contributed by atoms with Crippen molar-refractivity contribution in [3.63, 3.8) is 0 Å². The largest absolute Gasteiger partial charge is 0.480 e. The van der Waals surface area contributed by atoms with Gasteiger partial charge in [0.25, 0.3) is 0 Å². The van der Waals surface area contributed by atoms with Crippen LogP contribution in [-0.4, -0.2) is 36.2 Å². The Balaban J connectivity index is 0. The van der Waals surface area contributed by atoms with Gasteiger partial charge in [0.15, 0.2) is 0 Å². The molecule has 1 rings (SSSR count). The van der Waals surface area contributed by atoms with Crippen molar-refractivity contribution in [2.75, 3.05) is 7.11 Å². The smallest absolute Gasteiger partial charge is 0.326 e. The molecule has 1 amide bonds. The predicted molar refractivity (Wildman–Crippen MR) is 94.3 cm³/mol. The number of hydrogen-bond donors (Lipinski definition) is 2. The van der Waals surface area contributed by atoms with Crippen LogP contribution >= 0.6 is 0 Å². The van der Waals surface area contributed by atoms with Gasteiger partial charge >= 0.3 is 5.97 Å². The van der Waals surface area contributed by atoms with E-state index >= 15 is 0 Å². The monoisotopic (exact) mass is 325 g/mol. The first-order chi connectivity index (χ1) is 10.8. The Morgan fingerprint density at radius 3 is 2.39 bits per heavy atom. The molecule has 0 aromatic carbocycles. The van der Waals surface area contributed by atoms with Crippen molar-refractivity contribution >= 4 is 12.4 Å². The molecule has 0 aromatic rings. The average Bonchev–Trinajstić information content (AvgIpc) is 2.77. The number of rotatable bonds is 5. The Kier molecular flexibility index (Phi) is 14.0. The average molecular weight is 325 g/mol. The Morgan fingerprint density at radius 2 is 1.96 bits per heavy atom. The molecule has 0 heterocycles.